The van der Waals surface area contributed by atoms with Gasteiger partial charge in [0.15, 0.2) is 0 Å². The third-order valence-electron chi connectivity index (χ3n) is 6.75. The van der Waals surface area contributed by atoms with Crippen molar-refractivity contribution < 1.29 is 19.5 Å². The molecule has 1 aliphatic heterocycles. The molecular formula is C28H36N6O4. The normalized spacial score (nSPS) is 14.3. The van der Waals surface area contributed by atoms with Crippen molar-refractivity contribution in [2.45, 2.75) is 51.1 Å². The first kappa shape index (κ1) is 27.3. The van der Waals surface area contributed by atoms with Gasteiger partial charge in [-0.3, -0.25) is 19.7 Å². The van der Waals surface area contributed by atoms with Gasteiger partial charge in [0.25, 0.3) is 0 Å². The van der Waals surface area contributed by atoms with Gasteiger partial charge in [0, 0.05) is 62.9 Å². The smallest absolute Gasteiger partial charge is 0.243 e. The van der Waals surface area contributed by atoms with Crippen molar-refractivity contribution >= 4 is 34.4 Å². The summed E-state index contributed by atoms with van der Waals surface area (Å²) < 4.78 is 5.40. The molecule has 1 saturated heterocycles. The summed E-state index contributed by atoms with van der Waals surface area (Å²) in [7, 11) is 1.63. The van der Waals surface area contributed by atoms with Gasteiger partial charge in [-0.1, -0.05) is 30.3 Å². The highest BCUT2D eigenvalue weighted by molar-refractivity contribution is 5.91. The maximum Gasteiger partial charge on any atom is 0.243 e. The summed E-state index contributed by atoms with van der Waals surface area (Å²) >= 11 is 0. The molecule has 0 bridgehead atoms. The number of methoxy groups -OCH3 is 1. The molecule has 0 saturated carbocycles. The fourth-order valence-electron chi connectivity index (χ4n) is 4.62. The van der Waals surface area contributed by atoms with Crippen LogP contribution >= 0.6 is 0 Å². The molecule has 1 aromatic heterocycles. The first-order valence-electron chi connectivity index (χ1n) is 13.1. The summed E-state index contributed by atoms with van der Waals surface area (Å²) in [5.74, 6) is 1.41. The Morgan fingerprint density at radius 1 is 1.05 bits per heavy atom. The quantitative estimate of drug-likeness (QED) is 0.151. The van der Waals surface area contributed by atoms with E-state index in [0.29, 0.717) is 31.4 Å². The second kappa shape index (κ2) is 13.7. The second-order valence-corrected chi connectivity index (χ2v) is 9.56. The molecule has 0 unspecified atom stereocenters. The largest absolute Gasteiger partial charge is 0.497 e. The van der Waals surface area contributed by atoms with Gasteiger partial charge in [0.2, 0.25) is 11.9 Å². The summed E-state index contributed by atoms with van der Waals surface area (Å²) in [5.41, 5.74) is 3.65. The number of benzene rings is 2. The Morgan fingerprint density at radius 2 is 1.84 bits per heavy atom. The molecule has 0 aliphatic carbocycles. The topological polar surface area (TPSA) is 129 Å². The van der Waals surface area contributed by atoms with Gasteiger partial charge in [-0.05, 0) is 37.0 Å². The van der Waals surface area contributed by atoms with Crippen LogP contribution in [0, 0.1) is 0 Å². The summed E-state index contributed by atoms with van der Waals surface area (Å²) in [6.07, 6.45) is 3.05. The maximum absolute atomic E-state index is 12.0. The molecule has 10 nitrogen and oxygen atoms in total. The number of nitrogens with zero attached hydrogens (tertiary/aromatic N) is 3. The van der Waals surface area contributed by atoms with Crippen molar-refractivity contribution in [3.63, 3.8) is 0 Å². The van der Waals surface area contributed by atoms with E-state index in [4.69, 9.17) is 14.9 Å². The van der Waals surface area contributed by atoms with Crippen LogP contribution in [0.15, 0.2) is 48.5 Å². The number of ketones is 1. The Bertz CT molecular complexity index is 1210. The van der Waals surface area contributed by atoms with E-state index < -0.39 is 5.91 Å². The molecule has 1 amide bonds. The third-order valence-corrected chi connectivity index (χ3v) is 6.75. The van der Waals surface area contributed by atoms with E-state index >= 15 is 0 Å². The van der Waals surface area contributed by atoms with Gasteiger partial charge in [-0.15, -0.1) is 0 Å². The van der Waals surface area contributed by atoms with Crippen LogP contribution in [0.4, 0.5) is 11.8 Å². The number of aromatic nitrogens is 2. The molecule has 3 aromatic rings. The minimum Gasteiger partial charge on any atom is -0.497 e. The Morgan fingerprint density at radius 3 is 2.58 bits per heavy atom. The summed E-state index contributed by atoms with van der Waals surface area (Å²) in [5, 5.41) is 16.4. The minimum absolute atomic E-state index is 0.0153. The predicted octanol–water partition coefficient (Wildman–Crippen LogP) is 3.76. The van der Waals surface area contributed by atoms with E-state index in [2.05, 4.69) is 44.8 Å². The average molecular weight is 521 g/mol. The number of amides is 1. The fraction of sp³-hybridized carbons (Fsp3) is 0.429. The molecule has 38 heavy (non-hydrogen) atoms. The van der Waals surface area contributed by atoms with Crippen molar-refractivity contribution in [2.24, 2.45) is 0 Å². The number of carbonyl (C=O) groups excluding carboxylic acids is 2. The Hall–Kier alpha value is -3.76. The van der Waals surface area contributed by atoms with Crippen LogP contribution in [0.2, 0.25) is 0 Å². The van der Waals surface area contributed by atoms with Crippen LogP contribution in [0.1, 0.15) is 44.1 Å². The van der Waals surface area contributed by atoms with Crippen molar-refractivity contribution in [1.82, 2.24) is 20.3 Å². The summed E-state index contributed by atoms with van der Waals surface area (Å²) in [4.78, 5) is 35.0. The van der Waals surface area contributed by atoms with Gasteiger partial charge in [-0.25, -0.2) is 10.5 Å². The van der Waals surface area contributed by atoms with Crippen LogP contribution < -0.4 is 20.9 Å². The van der Waals surface area contributed by atoms with Crippen LogP contribution in [-0.4, -0.2) is 64.6 Å². The number of anilines is 2. The van der Waals surface area contributed by atoms with E-state index in [1.807, 2.05) is 24.3 Å². The van der Waals surface area contributed by atoms with Crippen molar-refractivity contribution in [3.8, 4) is 5.75 Å². The molecule has 10 heteroatoms. The van der Waals surface area contributed by atoms with E-state index in [1.54, 1.807) is 12.6 Å². The number of fused-ring (bicyclic) bond motifs is 1. The van der Waals surface area contributed by atoms with Crippen LogP contribution in [-0.2, 0) is 16.1 Å². The maximum atomic E-state index is 12.0. The molecule has 1 fully saturated rings. The lowest BCUT2D eigenvalue weighted by atomic mass is 10.0. The second-order valence-electron chi connectivity index (χ2n) is 9.56. The number of hydroxylamine groups is 1. The van der Waals surface area contributed by atoms with Gasteiger partial charge in [0.1, 0.15) is 17.4 Å². The molecule has 202 valence electrons. The number of Topliss-reactive ketones (excluding diaryl/α,β-unsaturated/α-hetero) is 1. The lowest BCUT2D eigenvalue weighted by molar-refractivity contribution is -0.131. The van der Waals surface area contributed by atoms with Crippen LogP contribution in [0.5, 0.6) is 5.75 Å². The molecule has 4 rings (SSSR count). The lowest BCUT2D eigenvalue weighted by Crippen LogP contribution is -2.38. The molecular weight excluding hydrogens is 484 g/mol. The highest BCUT2D eigenvalue weighted by atomic mass is 16.5. The average Bonchev–Trinajstić information content (AvgIpc) is 2.95. The monoisotopic (exact) mass is 520 g/mol. The zero-order chi connectivity index (χ0) is 26.7. The molecule has 2 heterocycles. The Labute approximate surface area is 222 Å². The standard InChI is InChI=1S/C28H36N6O4/c1-38-23-10-11-24-25(18-23)31-28(29-15-5-8-22(35)9-12-26(36)33-37)32-27(24)30-21-13-16-34(17-14-21)19-20-6-3-2-4-7-20/h2-4,6-7,10-11,18,21,37H,5,8-9,12-17,19H2,1H3,(H,33,36)(H2,29,30,31,32). The Kier molecular flexibility index (Phi) is 9.83. The van der Waals surface area contributed by atoms with Crippen LogP contribution in [0.3, 0.4) is 0 Å². The van der Waals surface area contributed by atoms with Gasteiger partial charge >= 0.3 is 0 Å². The van der Waals surface area contributed by atoms with Crippen LogP contribution in [0.25, 0.3) is 10.9 Å². The van der Waals surface area contributed by atoms with Crippen molar-refractivity contribution in [1.29, 1.82) is 0 Å². The number of hydrogen-bond acceptors (Lipinski definition) is 9. The van der Waals surface area contributed by atoms with Gasteiger partial charge in [0.05, 0.1) is 12.6 Å². The number of nitrogens with one attached hydrogen (secondary N) is 3. The molecule has 2 aromatic carbocycles. The number of hydrogen-bond donors (Lipinski definition) is 4. The number of carbonyl (C=O) groups is 2. The first-order valence-corrected chi connectivity index (χ1v) is 13.1. The van der Waals surface area contributed by atoms with E-state index in [-0.39, 0.29) is 18.6 Å². The number of ether oxygens (including phenoxy) is 1. The molecule has 0 atom stereocenters. The molecule has 1 aliphatic rings. The van der Waals surface area contributed by atoms with Crippen molar-refractivity contribution in [2.75, 3.05) is 37.4 Å². The first-order chi connectivity index (χ1) is 18.5. The van der Waals surface area contributed by atoms with E-state index in [0.717, 1.165) is 54.9 Å². The van der Waals surface area contributed by atoms with Gasteiger partial charge in [-0.2, -0.15) is 4.98 Å². The third kappa shape index (κ3) is 7.87. The fourth-order valence-corrected chi connectivity index (χ4v) is 4.62. The number of rotatable bonds is 13. The zero-order valence-electron chi connectivity index (χ0n) is 21.8. The zero-order valence-corrected chi connectivity index (χ0v) is 21.8. The minimum atomic E-state index is -0.557. The Balaban J connectivity index is 1.36. The number of piperidine rings is 1. The lowest BCUT2D eigenvalue weighted by Gasteiger charge is -2.32. The SMILES string of the molecule is COc1ccc2c(NC3CCN(Cc4ccccc4)CC3)nc(NCCCC(=O)CCC(=O)NO)nc2c1. The van der Waals surface area contributed by atoms with E-state index in [9.17, 15) is 9.59 Å². The number of likely N-dealkylation sites (tertiary alicyclic amines) is 1. The van der Waals surface area contributed by atoms with Gasteiger partial charge < -0.3 is 15.4 Å². The summed E-state index contributed by atoms with van der Waals surface area (Å²) in [6.45, 7) is 3.52. The van der Waals surface area contributed by atoms with E-state index in [1.165, 1.54) is 5.56 Å². The molecule has 0 radical (unpaired) electrons. The van der Waals surface area contributed by atoms with Crippen molar-refractivity contribution in [3.05, 3.63) is 54.1 Å². The predicted molar refractivity (Wildman–Crippen MR) is 146 cm³/mol. The summed E-state index contributed by atoms with van der Waals surface area (Å²) in [6, 6.07) is 16.7. The molecule has 0 spiro atoms. The highest BCUT2D eigenvalue weighted by Crippen LogP contribution is 2.28. The highest BCUT2D eigenvalue weighted by Gasteiger charge is 2.21. The molecule has 4 N–H and O–H groups in total.